The molecule has 2 unspecified atom stereocenters. The van der Waals surface area contributed by atoms with E-state index >= 15 is 0 Å². The molecule has 1 saturated heterocycles. The largest absolute Gasteiger partial charge is 0.444 e. The van der Waals surface area contributed by atoms with E-state index in [9.17, 15) is 9.59 Å². The zero-order valence-corrected chi connectivity index (χ0v) is 10.2. The number of fused-ring (bicyclic) bond motifs is 1. The minimum atomic E-state index is -0.466. The molecule has 1 saturated carbocycles. The number of likely N-dealkylation sites (tertiary alicyclic amines) is 1. The predicted octanol–water partition coefficient (Wildman–Crippen LogP) is 1.97. The van der Waals surface area contributed by atoms with E-state index in [4.69, 9.17) is 4.74 Å². The van der Waals surface area contributed by atoms with Gasteiger partial charge < -0.3 is 14.4 Å². The van der Waals surface area contributed by atoms with E-state index in [1.165, 1.54) is 0 Å². The van der Waals surface area contributed by atoms with E-state index in [1.807, 2.05) is 20.8 Å². The molecule has 2 atom stereocenters. The fraction of sp³-hybridized carbons (Fsp3) is 0.833. The van der Waals surface area contributed by atoms with Crippen molar-refractivity contribution in [1.82, 2.24) is 4.90 Å². The lowest BCUT2D eigenvalue weighted by Gasteiger charge is -2.30. The van der Waals surface area contributed by atoms with Crippen LogP contribution in [0.25, 0.3) is 0 Å². The summed E-state index contributed by atoms with van der Waals surface area (Å²) >= 11 is 0. The lowest BCUT2D eigenvalue weighted by atomic mass is 10.1. The van der Waals surface area contributed by atoms with Gasteiger partial charge in [-0.2, -0.15) is 0 Å². The second-order valence-electron chi connectivity index (χ2n) is 5.80. The molecule has 1 heterocycles. The molecule has 0 bridgehead atoms. The van der Waals surface area contributed by atoms with E-state index in [2.05, 4.69) is 0 Å². The third-order valence-corrected chi connectivity index (χ3v) is 3.49. The van der Waals surface area contributed by atoms with Gasteiger partial charge in [-0.25, -0.2) is 4.79 Å². The molecule has 4 nitrogen and oxygen atoms in total. The van der Waals surface area contributed by atoms with Crippen molar-refractivity contribution in [3.63, 3.8) is 0 Å². The highest BCUT2D eigenvalue weighted by molar-refractivity contribution is 5.72. The van der Waals surface area contributed by atoms with Crippen molar-refractivity contribution in [2.45, 2.75) is 51.2 Å². The molecule has 2 rings (SSSR count). The van der Waals surface area contributed by atoms with Gasteiger partial charge in [0.2, 0.25) is 0 Å². The molecule has 0 aromatic carbocycles. The van der Waals surface area contributed by atoms with Crippen LogP contribution in [-0.2, 0) is 9.53 Å². The summed E-state index contributed by atoms with van der Waals surface area (Å²) in [5, 5.41) is 0. The number of ether oxygens (including phenoxy) is 1. The second kappa shape index (κ2) is 3.47. The van der Waals surface area contributed by atoms with Crippen LogP contribution in [0, 0.1) is 5.92 Å². The van der Waals surface area contributed by atoms with Crippen molar-refractivity contribution in [2.24, 2.45) is 5.92 Å². The topological polar surface area (TPSA) is 46.6 Å². The first-order valence-electron chi connectivity index (χ1n) is 5.83. The van der Waals surface area contributed by atoms with E-state index in [1.54, 1.807) is 4.90 Å². The summed E-state index contributed by atoms with van der Waals surface area (Å²) in [6, 6.07) is 0. The standard InChI is InChI=1S/C12H19NO3/c1-11(2,3)16-10(15)13-6-4-9-8-12(9,13)5-7-14/h7,9H,4-6,8H2,1-3H3. The Morgan fingerprint density at radius 1 is 1.56 bits per heavy atom. The molecule has 90 valence electrons. The van der Waals surface area contributed by atoms with Crippen molar-refractivity contribution in [3.8, 4) is 0 Å². The molecular formula is C12H19NO3. The lowest BCUT2D eigenvalue weighted by molar-refractivity contribution is -0.109. The fourth-order valence-electron chi connectivity index (χ4n) is 2.67. The molecule has 16 heavy (non-hydrogen) atoms. The summed E-state index contributed by atoms with van der Waals surface area (Å²) in [4.78, 5) is 24.4. The Hall–Kier alpha value is -1.06. The van der Waals surface area contributed by atoms with Gasteiger partial charge in [-0.05, 0) is 39.5 Å². The van der Waals surface area contributed by atoms with Crippen molar-refractivity contribution in [3.05, 3.63) is 0 Å². The summed E-state index contributed by atoms with van der Waals surface area (Å²) in [5.74, 6) is 0.519. The molecule has 0 N–H and O–H groups in total. The van der Waals surface area contributed by atoms with Gasteiger partial charge in [0.1, 0.15) is 11.9 Å². The normalized spacial score (nSPS) is 32.2. The number of nitrogens with zero attached hydrogens (tertiary/aromatic N) is 1. The number of hydrogen-bond acceptors (Lipinski definition) is 3. The fourth-order valence-corrected chi connectivity index (χ4v) is 2.67. The van der Waals surface area contributed by atoms with Crippen LogP contribution in [0.15, 0.2) is 0 Å². The Bertz CT molecular complexity index is 321. The van der Waals surface area contributed by atoms with Crippen LogP contribution in [0.3, 0.4) is 0 Å². The first kappa shape index (κ1) is 11.4. The van der Waals surface area contributed by atoms with Gasteiger partial charge in [0, 0.05) is 13.0 Å². The minimum absolute atomic E-state index is 0.190. The first-order chi connectivity index (χ1) is 7.39. The predicted molar refractivity (Wildman–Crippen MR) is 59.1 cm³/mol. The van der Waals surface area contributed by atoms with E-state index in [-0.39, 0.29) is 11.6 Å². The lowest BCUT2D eigenvalue weighted by Crippen LogP contribution is -2.43. The number of amides is 1. The van der Waals surface area contributed by atoms with Gasteiger partial charge in [-0.1, -0.05) is 0 Å². The Morgan fingerprint density at radius 2 is 2.25 bits per heavy atom. The van der Waals surface area contributed by atoms with Crippen LogP contribution in [-0.4, -0.2) is 35.0 Å². The number of carbonyl (C=O) groups is 2. The number of aldehydes is 1. The molecule has 1 aliphatic heterocycles. The first-order valence-corrected chi connectivity index (χ1v) is 5.83. The summed E-state index contributed by atoms with van der Waals surface area (Å²) in [6.45, 7) is 6.31. The van der Waals surface area contributed by atoms with Crippen LogP contribution in [0.2, 0.25) is 0 Å². The van der Waals surface area contributed by atoms with Crippen LogP contribution < -0.4 is 0 Å². The van der Waals surface area contributed by atoms with Crippen LogP contribution in [0.5, 0.6) is 0 Å². The quantitative estimate of drug-likeness (QED) is 0.675. The highest BCUT2D eigenvalue weighted by atomic mass is 16.6. The van der Waals surface area contributed by atoms with Crippen LogP contribution >= 0.6 is 0 Å². The minimum Gasteiger partial charge on any atom is -0.444 e. The molecule has 0 spiro atoms. The average molecular weight is 225 g/mol. The summed E-state index contributed by atoms with van der Waals surface area (Å²) < 4.78 is 5.36. The summed E-state index contributed by atoms with van der Waals surface area (Å²) in [6.07, 6.45) is 3.08. The SMILES string of the molecule is CC(C)(C)OC(=O)N1CCC2CC21CC=O. The van der Waals surface area contributed by atoms with E-state index in [0.717, 1.165) is 25.7 Å². The molecule has 1 aliphatic carbocycles. The van der Waals surface area contributed by atoms with Gasteiger partial charge in [0.05, 0.1) is 5.54 Å². The Labute approximate surface area is 95.9 Å². The molecule has 2 aliphatic rings. The maximum absolute atomic E-state index is 12.0. The molecule has 2 fully saturated rings. The highest BCUT2D eigenvalue weighted by Crippen LogP contribution is 2.57. The maximum atomic E-state index is 12.0. The van der Waals surface area contributed by atoms with Crippen molar-refractivity contribution in [1.29, 1.82) is 0 Å². The van der Waals surface area contributed by atoms with Crippen molar-refractivity contribution in [2.75, 3.05) is 6.54 Å². The van der Waals surface area contributed by atoms with Crippen molar-refractivity contribution >= 4 is 12.4 Å². The molecule has 1 amide bonds. The Balaban J connectivity index is 2.04. The van der Waals surface area contributed by atoms with Gasteiger partial charge in [0.15, 0.2) is 0 Å². The number of hydrogen-bond donors (Lipinski definition) is 0. The Morgan fingerprint density at radius 3 is 2.75 bits per heavy atom. The third kappa shape index (κ3) is 1.81. The highest BCUT2D eigenvalue weighted by Gasteiger charge is 2.63. The summed E-state index contributed by atoms with van der Waals surface area (Å²) in [5.41, 5.74) is -0.656. The average Bonchev–Trinajstić information content (AvgIpc) is 2.69. The molecule has 0 aromatic heterocycles. The molecule has 0 aromatic rings. The monoisotopic (exact) mass is 225 g/mol. The maximum Gasteiger partial charge on any atom is 0.410 e. The molecular weight excluding hydrogens is 206 g/mol. The van der Waals surface area contributed by atoms with Crippen LogP contribution in [0.1, 0.15) is 40.0 Å². The van der Waals surface area contributed by atoms with Gasteiger partial charge in [0.25, 0.3) is 0 Å². The van der Waals surface area contributed by atoms with Crippen molar-refractivity contribution < 1.29 is 14.3 Å². The van der Waals surface area contributed by atoms with Crippen LogP contribution in [0.4, 0.5) is 4.79 Å². The Kier molecular flexibility index (Phi) is 2.48. The van der Waals surface area contributed by atoms with E-state index < -0.39 is 5.60 Å². The number of piperidine rings is 1. The zero-order valence-electron chi connectivity index (χ0n) is 10.2. The summed E-state index contributed by atoms with van der Waals surface area (Å²) in [7, 11) is 0. The number of carbonyl (C=O) groups excluding carboxylic acids is 2. The third-order valence-electron chi connectivity index (χ3n) is 3.49. The second-order valence-corrected chi connectivity index (χ2v) is 5.80. The van der Waals surface area contributed by atoms with E-state index in [0.29, 0.717) is 12.3 Å². The molecule has 4 heteroatoms. The van der Waals surface area contributed by atoms with Gasteiger partial charge >= 0.3 is 6.09 Å². The number of rotatable bonds is 2. The van der Waals surface area contributed by atoms with Gasteiger partial charge in [-0.3, -0.25) is 0 Å². The van der Waals surface area contributed by atoms with Gasteiger partial charge in [-0.15, -0.1) is 0 Å². The zero-order chi connectivity index (χ0) is 12.0. The smallest absolute Gasteiger partial charge is 0.410 e. The molecule has 0 radical (unpaired) electrons.